The summed E-state index contributed by atoms with van der Waals surface area (Å²) in [6, 6.07) is 7.63. The van der Waals surface area contributed by atoms with Crippen molar-refractivity contribution in [2.75, 3.05) is 5.32 Å². The number of hydrogen-bond acceptors (Lipinski definition) is 6. The predicted octanol–water partition coefficient (Wildman–Crippen LogP) is 1.32. The summed E-state index contributed by atoms with van der Waals surface area (Å²) < 4.78 is 0. The van der Waals surface area contributed by atoms with Gasteiger partial charge >= 0.3 is 11.9 Å². The van der Waals surface area contributed by atoms with Crippen LogP contribution in [0.15, 0.2) is 29.5 Å². The van der Waals surface area contributed by atoms with Gasteiger partial charge in [-0.2, -0.15) is 15.8 Å². The topological polar surface area (TPSA) is 158 Å². The molecule has 1 aromatic rings. The van der Waals surface area contributed by atoms with Crippen molar-refractivity contribution < 1.29 is 19.8 Å². The first-order valence-corrected chi connectivity index (χ1v) is 5.26. The van der Waals surface area contributed by atoms with Gasteiger partial charge in [-0.05, 0) is 18.2 Å². The van der Waals surface area contributed by atoms with Gasteiger partial charge in [0.1, 0.15) is 23.9 Å². The zero-order chi connectivity index (χ0) is 16.0. The van der Waals surface area contributed by atoms with Crippen LogP contribution >= 0.6 is 0 Å². The van der Waals surface area contributed by atoms with E-state index in [2.05, 4.69) is 5.32 Å². The highest BCUT2D eigenvalue weighted by molar-refractivity contribution is 5.98. The summed E-state index contributed by atoms with van der Waals surface area (Å²) in [4.78, 5) is 21.9. The summed E-state index contributed by atoms with van der Waals surface area (Å²) in [5.74, 6) is -2.65. The monoisotopic (exact) mass is 282 g/mol. The highest BCUT2D eigenvalue weighted by atomic mass is 16.4. The molecule has 1 rings (SSSR count). The molecular weight excluding hydrogens is 276 g/mol. The lowest BCUT2D eigenvalue weighted by molar-refractivity contribution is 0.0682. The maximum Gasteiger partial charge on any atom is 0.337 e. The van der Waals surface area contributed by atoms with Gasteiger partial charge in [0.25, 0.3) is 0 Å². The molecule has 0 heterocycles. The molecule has 1 aromatic carbocycles. The molecule has 0 spiro atoms. The lowest BCUT2D eigenvalue weighted by atomic mass is 10.1. The van der Waals surface area contributed by atoms with Crippen molar-refractivity contribution >= 4 is 17.6 Å². The minimum absolute atomic E-state index is 0.207. The van der Waals surface area contributed by atoms with Crippen LogP contribution in [-0.2, 0) is 0 Å². The Bertz CT molecular complexity index is 759. The Kier molecular flexibility index (Phi) is 4.62. The number of nitriles is 3. The zero-order valence-electron chi connectivity index (χ0n) is 10.3. The number of hydrogen-bond donors (Lipinski definition) is 3. The number of benzene rings is 1. The summed E-state index contributed by atoms with van der Waals surface area (Å²) in [5, 5.41) is 46.5. The second-order valence-corrected chi connectivity index (χ2v) is 3.58. The van der Waals surface area contributed by atoms with Gasteiger partial charge in [-0.15, -0.1) is 0 Å². The Labute approximate surface area is 118 Å². The van der Waals surface area contributed by atoms with E-state index >= 15 is 0 Å². The molecule has 8 nitrogen and oxygen atoms in total. The van der Waals surface area contributed by atoms with Crippen LogP contribution < -0.4 is 5.32 Å². The van der Waals surface area contributed by atoms with Gasteiger partial charge < -0.3 is 15.5 Å². The highest BCUT2D eigenvalue weighted by Gasteiger charge is 2.16. The molecule has 0 saturated carbocycles. The molecule has 21 heavy (non-hydrogen) atoms. The van der Waals surface area contributed by atoms with Crippen LogP contribution in [0.3, 0.4) is 0 Å². The largest absolute Gasteiger partial charge is 0.478 e. The number of carboxylic acids is 2. The van der Waals surface area contributed by atoms with Gasteiger partial charge in [-0.25, -0.2) is 9.59 Å². The van der Waals surface area contributed by atoms with Gasteiger partial charge in [0.15, 0.2) is 5.57 Å². The zero-order valence-corrected chi connectivity index (χ0v) is 10.3. The molecule has 0 aliphatic carbocycles. The number of allylic oxidation sites excluding steroid dienone is 2. The number of nitrogens with one attached hydrogen (secondary N) is 1. The summed E-state index contributed by atoms with van der Waals surface area (Å²) >= 11 is 0. The predicted molar refractivity (Wildman–Crippen MR) is 67.8 cm³/mol. The average Bonchev–Trinajstić information content (AvgIpc) is 2.46. The molecule has 0 aliphatic heterocycles. The summed E-state index contributed by atoms with van der Waals surface area (Å²) in [5.41, 5.74) is -1.74. The number of carbonyl (C=O) groups is 2. The van der Waals surface area contributed by atoms with Crippen molar-refractivity contribution in [3.63, 3.8) is 0 Å². The van der Waals surface area contributed by atoms with Crippen LogP contribution in [0.4, 0.5) is 5.69 Å². The van der Waals surface area contributed by atoms with E-state index in [9.17, 15) is 9.59 Å². The molecule has 8 heteroatoms. The molecule has 3 N–H and O–H groups in total. The van der Waals surface area contributed by atoms with Crippen molar-refractivity contribution in [1.29, 1.82) is 15.8 Å². The Morgan fingerprint density at radius 2 is 1.62 bits per heavy atom. The molecule has 0 unspecified atom stereocenters. The van der Waals surface area contributed by atoms with E-state index in [4.69, 9.17) is 26.0 Å². The van der Waals surface area contributed by atoms with Crippen molar-refractivity contribution in [2.24, 2.45) is 0 Å². The van der Waals surface area contributed by atoms with E-state index < -0.39 is 23.2 Å². The summed E-state index contributed by atoms with van der Waals surface area (Å²) in [6.45, 7) is 0. The van der Waals surface area contributed by atoms with E-state index in [0.717, 1.165) is 18.2 Å². The second-order valence-electron chi connectivity index (χ2n) is 3.58. The fourth-order valence-electron chi connectivity index (χ4n) is 1.39. The second kappa shape index (κ2) is 6.37. The van der Waals surface area contributed by atoms with Crippen LogP contribution in [0, 0.1) is 34.0 Å². The van der Waals surface area contributed by atoms with E-state index in [1.165, 1.54) is 12.1 Å². The fraction of sp³-hybridized carbons (Fsp3) is 0. The smallest absolute Gasteiger partial charge is 0.337 e. The molecule has 0 saturated heterocycles. The minimum atomic E-state index is -1.36. The van der Waals surface area contributed by atoms with Crippen LogP contribution in [-0.4, -0.2) is 22.2 Å². The third-order valence-electron chi connectivity index (χ3n) is 2.34. The third kappa shape index (κ3) is 3.34. The summed E-state index contributed by atoms with van der Waals surface area (Å²) in [6.07, 6.45) is 0. The number of carboxylic acid groups (broad SMARTS) is 2. The van der Waals surface area contributed by atoms with Crippen LogP contribution in [0.5, 0.6) is 0 Å². The van der Waals surface area contributed by atoms with Gasteiger partial charge in [0, 0.05) is 0 Å². The Hall–Kier alpha value is -3.83. The van der Waals surface area contributed by atoms with E-state index in [-0.39, 0.29) is 16.8 Å². The first kappa shape index (κ1) is 15.2. The molecule has 0 amide bonds. The number of nitrogens with zero attached hydrogens (tertiary/aromatic N) is 3. The SMILES string of the molecule is N#CC(C#N)=C(C#N)Nc1cc(C(=O)O)ccc1C(=O)O. The molecule has 102 valence electrons. The average molecular weight is 282 g/mol. The number of anilines is 1. The first-order chi connectivity index (χ1) is 9.94. The lowest BCUT2D eigenvalue weighted by Gasteiger charge is -2.09. The minimum Gasteiger partial charge on any atom is -0.478 e. The molecular formula is C13H6N4O4. The molecule has 0 fully saturated rings. The molecule has 0 bridgehead atoms. The number of aromatic carboxylic acids is 2. The maximum absolute atomic E-state index is 11.1. The Morgan fingerprint density at radius 3 is 2.05 bits per heavy atom. The quantitative estimate of drug-likeness (QED) is 0.697. The third-order valence-corrected chi connectivity index (χ3v) is 2.34. The molecule has 0 radical (unpaired) electrons. The van der Waals surface area contributed by atoms with Gasteiger partial charge in [-0.1, -0.05) is 0 Å². The normalized spacial score (nSPS) is 8.62. The van der Waals surface area contributed by atoms with Crippen molar-refractivity contribution in [1.82, 2.24) is 0 Å². The lowest BCUT2D eigenvalue weighted by Crippen LogP contribution is -2.09. The van der Waals surface area contributed by atoms with Crippen molar-refractivity contribution in [3.05, 3.63) is 40.6 Å². The summed E-state index contributed by atoms with van der Waals surface area (Å²) in [7, 11) is 0. The standard InChI is InChI=1S/C13H6N4O4/c14-4-8(5-15)11(6-16)17-10-3-7(12(18)19)1-2-9(10)13(20)21/h1-3,17H,(H,18,19)(H,20,21). The Balaban J connectivity index is 3.46. The first-order valence-electron chi connectivity index (χ1n) is 5.26. The van der Waals surface area contributed by atoms with E-state index in [1.807, 2.05) is 0 Å². The Morgan fingerprint density at radius 1 is 1.00 bits per heavy atom. The number of rotatable bonds is 4. The molecule has 0 aliphatic rings. The fourth-order valence-corrected chi connectivity index (χ4v) is 1.39. The maximum atomic E-state index is 11.1. The van der Waals surface area contributed by atoms with Gasteiger partial charge in [0.05, 0.1) is 16.8 Å². The van der Waals surface area contributed by atoms with Crippen LogP contribution in [0.2, 0.25) is 0 Å². The molecule has 0 aromatic heterocycles. The van der Waals surface area contributed by atoms with E-state index in [0.29, 0.717) is 0 Å². The van der Waals surface area contributed by atoms with Crippen LogP contribution in [0.1, 0.15) is 20.7 Å². The van der Waals surface area contributed by atoms with E-state index in [1.54, 1.807) is 6.07 Å². The van der Waals surface area contributed by atoms with Crippen molar-refractivity contribution in [3.8, 4) is 18.2 Å². The van der Waals surface area contributed by atoms with Gasteiger partial charge in [-0.3, -0.25) is 0 Å². The van der Waals surface area contributed by atoms with Crippen molar-refractivity contribution in [2.45, 2.75) is 0 Å². The molecule has 0 atom stereocenters. The highest BCUT2D eigenvalue weighted by Crippen LogP contribution is 2.21. The van der Waals surface area contributed by atoms with Crippen LogP contribution in [0.25, 0.3) is 0 Å². The van der Waals surface area contributed by atoms with Gasteiger partial charge in [0.2, 0.25) is 0 Å².